The number of fused-ring (bicyclic) bond motifs is 1. The maximum Gasteiger partial charge on any atom is 0.466 e. The van der Waals surface area contributed by atoms with Crippen molar-refractivity contribution in [3.05, 3.63) is 64.2 Å². The van der Waals surface area contributed by atoms with E-state index in [1.54, 1.807) is 42.2 Å². The Kier molecular flexibility index (Phi) is 5.23. The highest BCUT2D eigenvalue weighted by molar-refractivity contribution is 7.80. The molecule has 1 aliphatic rings. The average molecular weight is 409 g/mol. The van der Waals surface area contributed by atoms with Crippen LogP contribution in [0, 0.1) is 12.8 Å². The summed E-state index contributed by atoms with van der Waals surface area (Å²) < 4.78 is 34.8. The van der Waals surface area contributed by atoms with Gasteiger partial charge in [-0.1, -0.05) is 41.9 Å². The topological polar surface area (TPSA) is 96.3 Å². The first-order chi connectivity index (χ1) is 12.7. The lowest BCUT2D eigenvalue weighted by atomic mass is 9.91. The monoisotopic (exact) mass is 408 g/mol. The minimum Gasteiger partial charge on any atom is -0.307 e. The van der Waals surface area contributed by atoms with E-state index >= 15 is 0 Å². The van der Waals surface area contributed by atoms with Crippen molar-refractivity contribution in [3.8, 4) is 0 Å². The SMILES string of the molecule is Cc1ccccc1C(=O)N1CC(C)/C(=N/OS(=O)(=O)O)c2ccc(Cl)cc21. The van der Waals surface area contributed by atoms with Crippen molar-refractivity contribution < 1.29 is 22.0 Å². The van der Waals surface area contributed by atoms with Crippen molar-refractivity contribution >= 4 is 39.3 Å². The number of hydrogen-bond acceptors (Lipinski definition) is 5. The Labute approximate surface area is 162 Å². The van der Waals surface area contributed by atoms with E-state index in [1.165, 1.54) is 0 Å². The summed E-state index contributed by atoms with van der Waals surface area (Å²) in [5, 5.41) is 4.01. The van der Waals surface area contributed by atoms with Gasteiger partial charge in [-0.05, 0) is 36.8 Å². The fraction of sp³-hybridized carbons (Fsp3) is 0.222. The molecule has 0 saturated carbocycles. The fourth-order valence-corrected chi connectivity index (χ4v) is 3.39. The number of carbonyl (C=O) groups excluding carboxylic acids is 1. The third kappa shape index (κ3) is 4.13. The van der Waals surface area contributed by atoms with E-state index in [2.05, 4.69) is 9.44 Å². The van der Waals surface area contributed by atoms with Gasteiger partial charge < -0.3 is 4.90 Å². The van der Waals surface area contributed by atoms with E-state index in [0.29, 0.717) is 27.5 Å². The van der Waals surface area contributed by atoms with Gasteiger partial charge in [0.1, 0.15) is 0 Å². The number of hydrogen-bond donors (Lipinski definition) is 1. The summed E-state index contributed by atoms with van der Waals surface area (Å²) in [7, 11) is -4.73. The van der Waals surface area contributed by atoms with Gasteiger partial charge in [0.05, 0.1) is 11.4 Å². The molecule has 1 heterocycles. The quantitative estimate of drug-likeness (QED) is 0.619. The van der Waals surface area contributed by atoms with Crippen molar-refractivity contribution in [2.75, 3.05) is 11.4 Å². The third-order valence-corrected chi connectivity index (χ3v) is 4.80. The molecule has 1 amide bonds. The smallest absolute Gasteiger partial charge is 0.307 e. The molecule has 3 rings (SSSR count). The van der Waals surface area contributed by atoms with Crippen LogP contribution in [0.1, 0.15) is 28.4 Å². The Hall–Kier alpha value is -2.42. The minimum atomic E-state index is -4.73. The van der Waals surface area contributed by atoms with Crippen LogP contribution in [0.2, 0.25) is 5.02 Å². The molecule has 0 radical (unpaired) electrons. The second-order valence-corrected chi connectivity index (χ2v) is 7.71. The van der Waals surface area contributed by atoms with Crippen molar-refractivity contribution in [1.82, 2.24) is 0 Å². The first-order valence-corrected chi connectivity index (χ1v) is 9.83. The Morgan fingerprint density at radius 2 is 2.00 bits per heavy atom. The Morgan fingerprint density at radius 1 is 1.30 bits per heavy atom. The molecule has 9 heteroatoms. The Morgan fingerprint density at radius 3 is 2.67 bits per heavy atom. The molecule has 27 heavy (non-hydrogen) atoms. The molecule has 1 unspecified atom stereocenters. The minimum absolute atomic E-state index is 0.196. The van der Waals surface area contributed by atoms with Gasteiger partial charge in [-0.2, -0.15) is 8.42 Å². The predicted molar refractivity (Wildman–Crippen MR) is 103 cm³/mol. The molecule has 2 aromatic carbocycles. The normalized spacial score (nSPS) is 18.3. The van der Waals surface area contributed by atoms with Gasteiger partial charge in [-0.25, -0.2) is 4.28 Å². The number of oxime groups is 1. The maximum atomic E-state index is 13.1. The fourth-order valence-electron chi connectivity index (χ4n) is 3.05. The van der Waals surface area contributed by atoms with Crippen molar-refractivity contribution in [2.45, 2.75) is 13.8 Å². The molecule has 0 spiro atoms. The van der Waals surface area contributed by atoms with E-state index in [0.717, 1.165) is 5.56 Å². The molecule has 0 aliphatic carbocycles. The summed E-state index contributed by atoms with van der Waals surface area (Å²) >= 11 is 6.11. The van der Waals surface area contributed by atoms with Crippen LogP contribution in [0.25, 0.3) is 0 Å². The van der Waals surface area contributed by atoms with Crippen LogP contribution in [0.3, 0.4) is 0 Å². The van der Waals surface area contributed by atoms with Crippen molar-refractivity contribution in [2.24, 2.45) is 11.1 Å². The van der Waals surface area contributed by atoms with Gasteiger partial charge in [-0.15, -0.1) is 0 Å². The first kappa shape index (κ1) is 19.3. The zero-order chi connectivity index (χ0) is 19.8. The molecular weight excluding hydrogens is 392 g/mol. The summed E-state index contributed by atoms with van der Waals surface area (Å²) in [4.78, 5) is 14.7. The average Bonchev–Trinajstić information content (AvgIpc) is 2.59. The Balaban J connectivity index is 2.09. The lowest BCUT2D eigenvalue weighted by molar-refractivity contribution is 0.0983. The van der Waals surface area contributed by atoms with E-state index in [4.69, 9.17) is 16.2 Å². The van der Waals surface area contributed by atoms with Crippen LogP contribution < -0.4 is 4.90 Å². The molecular formula is C18H17ClN2O5S. The number of carbonyl (C=O) groups is 1. The van der Waals surface area contributed by atoms with E-state index in [9.17, 15) is 13.2 Å². The number of benzene rings is 2. The summed E-state index contributed by atoms with van der Waals surface area (Å²) in [6.45, 7) is 3.88. The maximum absolute atomic E-state index is 13.1. The van der Waals surface area contributed by atoms with Crippen LogP contribution in [-0.4, -0.2) is 31.1 Å². The molecule has 0 aromatic heterocycles. The highest BCUT2D eigenvalue weighted by Gasteiger charge is 2.33. The van der Waals surface area contributed by atoms with Crippen molar-refractivity contribution in [3.63, 3.8) is 0 Å². The van der Waals surface area contributed by atoms with Crippen LogP contribution >= 0.6 is 11.6 Å². The van der Waals surface area contributed by atoms with E-state index in [-0.39, 0.29) is 18.4 Å². The van der Waals surface area contributed by atoms with Gasteiger partial charge in [0.15, 0.2) is 0 Å². The molecule has 7 nitrogen and oxygen atoms in total. The van der Waals surface area contributed by atoms with Gasteiger partial charge in [0.2, 0.25) is 0 Å². The molecule has 2 aromatic rings. The van der Waals surface area contributed by atoms with Crippen LogP contribution in [0.4, 0.5) is 5.69 Å². The summed E-state index contributed by atoms with van der Waals surface area (Å²) in [5.74, 6) is -0.536. The number of anilines is 1. The number of nitrogens with zero attached hydrogens (tertiary/aromatic N) is 2. The molecule has 1 atom stereocenters. The summed E-state index contributed by atoms with van der Waals surface area (Å²) in [6, 6.07) is 12.1. The van der Waals surface area contributed by atoms with Gasteiger partial charge in [0.25, 0.3) is 5.91 Å². The highest BCUT2D eigenvalue weighted by Crippen LogP contribution is 2.34. The zero-order valence-corrected chi connectivity index (χ0v) is 16.2. The highest BCUT2D eigenvalue weighted by atomic mass is 35.5. The molecule has 0 fully saturated rings. The lowest BCUT2D eigenvalue weighted by Crippen LogP contribution is -2.42. The summed E-state index contributed by atoms with van der Waals surface area (Å²) in [6.07, 6.45) is 0. The second kappa shape index (κ2) is 7.30. The van der Waals surface area contributed by atoms with Crippen LogP contribution in [0.15, 0.2) is 47.6 Å². The molecule has 1 N–H and O–H groups in total. The number of amides is 1. The Bertz CT molecular complexity index is 1040. The van der Waals surface area contributed by atoms with Gasteiger partial charge in [0, 0.05) is 28.6 Å². The number of aryl methyl sites for hydroxylation is 1. The van der Waals surface area contributed by atoms with Crippen LogP contribution in [0.5, 0.6) is 0 Å². The third-order valence-electron chi connectivity index (χ3n) is 4.30. The molecule has 1 aliphatic heterocycles. The molecule has 0 bridgehead atoms. The largest absolute Gasteiger partial charge is 0.466 e. The lowest BCUT2D eigenvalue weighted by Gasteiger charge is -2.34. The van der Waals surface area contributed by atoms with Crippen LogP contribution in [-0.2, 0) is 14.7 Å². The second-order valence-electron chi connectivity index (χ2n) is 6.27. The molecule has 0 saturated heterocycles. The molecule has 142 valence electrons. The van der Waals surface area contributed by atoms with Gasteiger partial charge >= 0.3 is 10.4 Å². The first-order valence-electron chi connectivity index (χ1n) is 8.08. The summed E-state index contributed by atoms with van der Waals surface area (Å²) in [5.41, 5.74) is 2.70. The number of halogens is 1. The number of rotatable bonds is 3. The standard InChI is InChI=1S/C18H17ClN2O5S/c1-11-5-3-4-6-14(11)18(22)21-10-12(2)17(20-26-27(23,24)25)15-8-7-13(19)9-16(15)21/h3-9,12H,10H2,1-2H3,(H,23,24,25)/b20-17-. The predicted octanol–water partition coefficient (Wildman–Crippen LogP) is 3.47. The van der Waals surface area contributed by atoms with Crippen molar-refractivity contribution in [1.29, 1.82) is 0 Å². The van der Waals surface area contributed by atoms with Gasteiger partial charge in [-0.3, -0.25) is 9.35 Å². The van der Waals surface area contributed by atoms with E-state index < -0.39 is 10.4 Å². The zero-order valence-electron chi connectivity index (χ0n) is 14.6. The van der Waals surface area contributed by atoms with E-state index in [1.807, 2.05) is 19.1 Å².